The first-order valence-corrected chi connectivity index (χ1v) is 8.40. The molecule has 0 aromatic heterocycles. The first-order chi connectivity index (χ1) is 11.3. The minimum atomic E-state index is 0. The van der Waals surface area contributed by atoms with E-state index in [0.29, 0.717) is 13.1 Å². The Morgan fingerprint density at radius 1 is 0.958 bits per heavy atom. The van der Waals surface area contributed by atoms with Crippen molar-refractivity contribution in [3.05, 3.63) is 71.8 Å². The number of nitrogens with one attached hydrogen (secondary N) is 1. The lowest BCUT2D eigenvalue weighted by Gasteiger charge is -2.30. The van der Waals surface area contributed by atoms with Crippen LogP contribution < -0.4 is 5.32 Å². The Morgan fingerprint density at radius 3 is 1.96 bits per heavy atom. The molecule has 0 aliphatic carbocycles. The molecule has 3 nitrogen and oxygen atoms in total. The van der Waals surface area contributed by atoms with E-state index in [1.54, 1.807) is 0 Å². The van der Waals surface area contributed by atoms with Gasteiger partial charge in [-0.25, -0.2) is 0 Å². The van der Waals surface area contributed by atoms with Crippen LogP contribution in [0.1, 0.15) is 24.0 Å². The van der Waals surface area contributed by atoms with Crippen molar-refractivity contribution in [2.75, 3.05) is 13.1 Å². The summed E-state index contributed by atoms with van der Waals surface area (Å²) in [7, 11) is 0. The number of hydrogen-bond acceptors (Lipinski definition) is 2. The Bertz CT molecular complexity index is 571. The maximum absolute atomic E-state index is 13.0. The molecule has 0 saturated carbocycles. The van der Waals surface area contributed by atoms with Crippen LogP contribution in [-0.2, 0) is 17.9 Å². The third-order valence-electron chi connectivity index (χ3n) is 4.39. The summed E-state index contributed by atoms with van der Waals surface area (Å²) in [5.41, 5.74) is 2.36. The van der Waals surface area contributed by atoms with Crippen LogP contribution >= 0.6 is 12.4 Å². The predicted molar refractivity (Wildman–Crippen MR) is 100.0 cm³/mol. The summed E-state index contributed by atoms with van der Waals surface area (Å²) in [5.74, 6) is 0.376. The lowest BCUT2D eigenvalue weighted by Crippen LogP contribution is -2.42. The van der Waals surface area contributed by atoms with Crippen molar-refractivity contribution in [1.82, 2.24) is 10.2 Å². The monoisotopic (exact) mass is 344 g/mol. The zero-order valence-electron chi connectivity index (χ0n) is 13.9. The number of amides is 1. The Morgan fingerprint density at radius 2 is 1.50 bits per heavy atom. The van der Waals surface area contributed by atoms with Crippen LogP contribution in [0.25, 0.3) is 0 Å². The van der Waals surface area contributed by atoms with Crippen LogP contribution in [0.5, 0.6) is 0 Å². The molecule has 0 spiro atoms. The molecule has 1 fully saturated rings. The highest BCUT2D eigenvalue weighted by molar-refractivity contribution is 5.85. The van der Waals surface area contributed by atoms with Crippen LogP contribution in [0.15, 0.2) is 60.7 Å². The second kappa shape index (κ2) is 9.45. The van der Waals surface area contributed by atoms with E-state index in [-0.39, 0.29) is 24.2 Å². The molecule has 1 amide bonds. The topological polar surface area (TPSA) is 32.3 Å². The van der Waals surface area contributed by atoms with Crippen molar-refractivity contribution in [2.45, 2.75) is 25.9 Å². The van der Waals surface area contributed by atoms with Crippen molar-refractivity contribution in [3.63, 3.8) is 0 Å². The van der Waals surface area contributed by atoms with Crippen molar-refractivity contribution >= 4 is 18.3 Å². The van der Waals surface area contributed by atoms with Gasteiger partial charge in [-0.3, -0.25) is 4.79 Å². The molecule has 0 radical (unpaired) electrons. The van der Waals surface area contributed by atoms with Crippen LogP contribution in [0.2, 0.25) is 0 Å². The number of carbonyl (C=O) groups is 1. The maximum Gasteiger partial charge on any atom is 0.227 e. The van der Waals surface area contributed by atoms with E-state index in [4.69, 9.17) is 0 Å². The first kappa shape index (κ1) is 18.5. The summed E-state index contributed by atoms with van der Waals surface area (Å²) in [4.78, 5) is 15.0. The van der Waals surface area contributed by atoms with Gasteiger partial charge in [-0.15, -0.1) is 12.4 Å². The van der Waals surface area contributed by atoms with E-state index in [0.717, 1.165) is 25.9 Å². The zero-order valence-corrected chi connectivity index (χ0v) is 14.7. The molecule has 0 bridgehead atoms. The molecule has 1 N–H and O–H groups in total. The fourth-order valence-electron chi connectivity index (χ4n) is 3.14. The lowest BCUT2D eigenvalue weighted by molar-refractivity contribution is -0.137. The second-order valence-corrected chi connectivity index (χ2v) is 6.21. The van der Waals surface area contributed by atoms with E-state index in [1.165, 1.54) is 11.1 Å². The molecule has 1 heterocycles. The third-order valence-corrected chi connectivity index (χ3v) is 4.39. The third kappa shape index (κ3) is 5.08. The Labute approximate surface area is 150 Å². The Hall–Kier alpha value is -1.84. The molecule has 2 aromatic rings. The van der Waals surface area contributed by atoms with Crippen molar-refractivity contribution < 1.29 is 4.79 Å². The molecule has 2 aromatic carbocycles. The lowest BCUT2D eigenvalue weighted by atomic mass is 9.97. The van der Waals surface area contributed by atoms with E-state index < -0.39 is 0 Å². The zero-order chi connectivity index (χ0) is 15.9. The second-order valence-electron chi connectivity index (χ2n) is 6.21. The highest BCUT2D eigenvalue weighted by Gasteiger charge is 2.26. The quantitative estimate of drug-likeness (QED) is 0.898. The highest BCUT2D eigenvalue weighted by atomic mass is 35.5. The normalized spacial score (nSPS) is 16.9. The van der Waals surface area contributed by atoms with E-state index >= 15 is 0 Å². The fraction of sp³-hybridized carbons (Fsp3) is 0.350. The van der Waals surface area contributed by atoms with Gasteiger partial charge in [-0.2, -0.15) is 0 Å². The molecule has 1 atom stereocenters. The summed E-state index contributed by atoms with van der Waals surface area (Å²) in [6, 6.07) is 20.5. The Balaban J connectivity index is 0.00000208. The van der Waals surface area contributed by atoms with Crippen LogP contribution in [0.4, 0.5) is 0 Å². The fourth-order valence-corrected chi connectivity index (χ4v) is 3.14. The Kier molecular flexibility index (Phi) is 7.29. The van der Waals surface area contributed by atoms with E-state index in [1.807, 2.05) is 41.3 Å². The molecule has 1 unspecified atom stereocenters. The van der Waals surface area contributed by atoms with Gasteiger partial charge in [0.15, 0.2) is 0 Å². The van der Waals surface area contributed by atoms with Crippen LogP contribution in [0, 0.1) is 5.92 Å². The largest absolute Gasteiger partial charge is 0.334 e. The van der Waals surface area contributed by atoms with Gasteiger partial charge in [0, 0.05) is 19.6 Å². The number of rotatable bonds is 5. The van der Waals surface area contributed by atoms with Gasteiger partial charge in [-0.1, -0.05) is 60.7 Å². The summed E-state index contributed by atoms with van der Waals surface area (Å²) in [5, 5.41) is 3.35. The molecule has 4 heteroatoms. The molecular weight excluding hydrogens is 320 g/mol. The molecule has 1 aliphatic rings. The van der Waals surface area contributed by atoms with E-state index in [9.17, 15) is 4.79 Å². The van der Waals surface area contributed by atoms with Crippen molar-refractivity contribution in [2.24, 2.45) is 5.92 Å². The first-order valence-electron chi connectivity index (χ1n) is 8.40. The highest BCUT2D eigenvalue weighted by Crippen LogP contribution is 2.18. The van der Waals surface area contributed by atoms with Gasteiger partial charge in [0.25, 0.3) is 0 Å². The predicted octanol–water partition coefficient (Wildman–Crippen LogP) is 3.64. The number of piperidine rings is 1. The average molecular weight is 345 g/mol. The maximum atomic E-state index is 13.0. The molecule has 1 aliphatic heterocycles. The molecule has 24 heavy (non-hydrogen) atoms. The van der Waals surface area contributed by atoms with E-state index in [2.05, 4.69) is 29.6 Å². The summed E-state index contributed by atoms with van der Waals surface area (Å²) in [6.07, 6.45) is 2.08. The number of halogens is 1. The minimum Gasteiger partial charge on any atom is -0.334 e. The van der Waals surface area contributed by atoms with Gasteiger partial charge in [-0.05, 0) is 30.5 Å². The summed E-state index contributed by atoms with van der Waals surface area (Å²) in [6.45, 7) is 3.18. The van der Waals surface area contributed by atoms with Crippen molar-refractivity contribution in [1.29, 1.82) is 0 Å². The van der Waals surface area contributed by atoms with Gasteiger partial charge in [0.05, 0.1) is 5.92 Å². The van der Waals surface area contributed by atoms with Gasteiger partial charge >= 0.3 is 0 Å². The van der Waals surface area contributed by atoms with Gasteiger partial charge in [0.2, 0.25) is 5.91 Å². The summed E-state index contributed by atoms with van der Waals surface area (Å²) < 4.78 is 0. The average Bonchev–Trinajstić information content (AvgIpc) is 2.63. The van der Waals surface area contributed by atoms with Crippen LogP contribution in [0.3, 0.4) is 0 Å². The molecule has 3 rings (SSSR count). The number of benzene rings is 2. The SMILES string of the molecule is Cl.O=C(C1CCCNC1)N(Cc1ccccc1)Cc1ccccc1. The molecule has 128 valence electrons. The number of hydrogen-bond donors (Lipinski definition) is 1. The minimum absolute atomic E-state index is 0. The van der Waals surface area contributed by atoms with Crippen LogP contribution in [-0.4, -0.2) is 23.9 Å². The number of nitrogens with zero attached hydrogens (tertiary/aromatic N) is 1. The smallest absolute Gasteiger partial charge is 0.227 e. The molecular formula is C20H25ClN2O. The van der Waals surface area contributed by atoms with Gasteiger partial charge in [0.1, 0.15) is 0 Å². The molecule has 1 saturated heterocycles. The number of carbonyl (C=O) groups excluding carboxylic acids is 1. The summed E-state index contributed by atoms with van der Waals surface area (Å²) >= 11 is 0. The van der Waals surface area contributed by atoms with Gasteiger partial charge < -0.3 is 10.2 Å². The standard InChI is InChI=1S/C20H24N2O.ClH/c23-20(19-12-7-13-21-14-19)22(15-17-8-3-1-4-9-17)16-18-10-5-2-6-11-18;/h1-6,8-11,19,21H,7,12-16H2;1H. The van der Waals surface area contributed by atoms with Crippen molar-refractivity contribution in [3.8, 4) is 0 Å².